The molecule has 0 aliphatic rings. The summed E-state index contributed by atoms with van der Waals surface area (Å²) >= 11 is 1.23. The zero-order chi connectivity index (χ0) is 20.1. The molecule has 0 fully saturated rings. The summed E-state index contributed by atoms with van der Waals surface area (Å²) in [7, 11) is 0. The van der Waals surface area contributed by atoms with Crippen LogP contribution in [0.4, 0.5) is 0 Å². The Labute approximate surface area is 164 Å². The van der Waals surface area contributed by atoms with Gasteiger partial charge in [-0.25, -0.2) is 14.6 Å². The summed E-state index contributed by atoms with van der Waals surface area (Å²) in [6, 6.07) is 8.12. The van der Waals surface area contributed by atoms with E-state index in [4.69, 9.17) is 14.2 Å². The maximum Gasteiger partial charge on any atom is 0.407 e. The van der Waals surface area contributed by atoms with E-state index in [0.717, 1.165) is 0 Å². The molecule has 2 heterocycles. The van der Waals surface area contributed by atoms with Crippen LogP contribution in [0.2, 0.25) is 0 Å². The van der Waals surface area contributed by atoms with Gasteiger partial charge in [0.15, 0.2) is 5.69 Å². The van der Waals surface area contributed by atoms with Crippen molar-refractivity contribution in [2.75, 3.05) is 13.2 Å². The number of carbonyl (C=O) groups excluding carboxylic acids is 2. The van der Waals surface area contributed by atoms with Gasteiger partial charge in [0, 0.05) is 0 Å². The monoisotopic (exact) mass is 402 g/mol. The van der Waals surface area contributed by atoms with E-state index < -0.39 is 11.9 Å². The lowest BCUT2D eigenvalue weighted by atomic mass is 10.2. The second-order valence-corrected chi connectivity index (χ2v) is 6.51. The van der Waals surface area contributed by atoms with E-state index in [1.807, 2.05) is 6.92 Å². The van der Waals surface area contributed by atoms with E-state index in [0.29, 0.717) is 27.5 Å². The van der Waals surface area contributed by atoms with E-state index in [9.17, 15) is 14.8 Å². The Bertz CT molecular complexity index is 1000. The first-order valence-electron chi connectivity index (χ1n) is 8.61. The van der Waals surface area contributed by atoms with Crippen molar-refractivity contribution < 1.29 is 28.5 Å². The largest absolute Gasteiger partial charge is 0.618 e. The molecule has 0 bridgehead atoms. The van der Waals surface area contributed by atoms with Crippen molar-refractivity contribution in [3.8, 4) is 5.75 Å². The Morgan fingerprint density at radius 2 is 1.96 bits per heavy atom. The number of thiophene rings is 1. The Balaban J connectivity index is 2.01. The van der Waals surface area contributed by atoms with Gasteiger partial charge in [0.25, 0.3) is 0 Å². The summed E-state index contributed by atoms with van der Waals surface area (Å²) in [6.45, 7) is 3.63. The van der Waals surface area contributed by atoms with E-state index in [1.54, 1.807) is 36.6 Å². The zero-order valence-corrected chi connectivity index (χ0v) is 16.2. The molecule has 0 atom stereocenters. The second kappa shape index (κ2) is 8.66. The van der Waals surface area contributed by atoms with Crippen LogP contribution in [0.1, 0.15) is 39.7 Å². The fourth-order valence-corrected chi connectivity index (χ4v) is 3.17. The molecule has 146 valence electrons. The third-order valence-corrected chi connectivity index (χ3v) is 4.59. The molecule has 1 aromatic carbocycles. The maximum absolute atomic E-state index is 12.9. The minimum Gasteiger partial charge on any atom is -0.618 e. The molecular formula is C19H18N2O6S. The molecule has 0 amide bonds. The third kappa shape index (κ3) is 4.04. The van der Waals surface area contributed by atoms with Gasteiger partial charge in [0.2, 0.25) is 5.52 Å². The van der Waals surface area contributed by atoms with Crippen LogP contribution in [0.15, 0.2) is 35.7 Å². The number of aromatic nitrogens is 2. The number of fused-ring (bicyclic) bond motifs is 1. The Kier molecular flexibility index (Phi) is 6.05. The molecule has 28 heavy (non-hydrogen) atoms. The fraction of sp³-hybridized carbons (Fsp3) is 0.263. The van der Waals surface area contributed by atoms with Crippen molar-refractivity contribution in [1.82, 2.24) is 4.98 Å². The summed E-state index contributed by atoms with van der Waals surface area (Å²) < 4.78 is 16.1. The number of hydrogen-bond donors (Lipinski definition) is 0. The standard InChI is InChI=1S/C19H18N2O6S/c1-3-25-12-7-8-13-15(10-12)21(24)17(19(23)26-4-2)14(20-13)11-27-18(22)16-6-5-9-28-16/h5-10H,3-4,11H2,1-2H3. The van der Waals surface area contributed by atoms with E-state index >= 15 is 0 Å². The van der Waals surface area contributed by atoms with Crippen LogP contribution < -0.4 is 9.47 Å². The first kappa shape index (κ1) is 19.6. The number of ether oxygens (including phenoxy) is 3. The van der Waals surface area contributed by atoms with Crippen LogP contribution in [0.3, 0.4) is 0 Å². The molecular weight excluding hydrogens is 384 g/mol. The maximum atomic E-state index is 12.9. The molecule has 0 unspecified atom stereocenters. The van der Waals surface area contributed by atoms with Gasteiger partial charge in [0.1, 0.15) is 22.8 Å². The average molecular weight is 402 g/mol. The topological polar surface area (TPSA) is 102 Å². The van der Waals surface area contributed by atoms with Gasteiger partial charge < -0.3 is 19.4 Å². The number of nitrogens with zero attached hydrogens (tertiary/aromatic N) is 2. The van der Waals surface area contributed by atoms with E-state index in [-0.39, 0.29) is 30.1 Å². The summed E-state index contributed by atoms with van der Waals surface area (Å²) in [5.41, 5.74) is 0.202. The lowest BCUT2D eigenvalue weighted by Crippen LogP contribution is -2.39. The molecule has 2 aromatic heterocycles. The predicted molar refractivity (Wildman–Crippen MR) is 101 cm³/mol. The molecule has 0 saturated heterocycles. The number of esters is 2. The predicted octanol–water partition coefficient (Wildman–Crippen LogP) is 2.86. The Morgan fingerprint density at radius 3 is 2.64 bits per heavy atom. The highest BCUT2D eigenvalue weighted by Gasteiger charge is 2.28. The van der Waals surface area contributed by atoms with Gasteiger partial charge >= 0.3 is 17.6 Å². The Morgan fingerprint density at radius 1 is 1.14 bits per heavy atom. The summed E-state index contributed by atoms with van der Waals surface area (Å²) in [5.74, 6) is -0.917. The van der Waals surface area contributed by atoms with Crippen LogP contribution >= 0.6 is 11.3 Å². The summed E-state index contributed by atoms with van der Waals surface area (Å²) in [5, 5.41) is 14.6. The SMILES string of the molecule is CCOC(=O)c1c(COC(=O)c2cccs2)nc2ccc(OCC)cc2[n+]1[O-]. The van der Waals surface area contributed by atoms with Crippen molar-refractivity contribution in [3.05, 3.63) is 57.2 Å². The minimum absolute atomic E-state index is 0.0232. The molecule has 0 spiro atoms. The highest BCUT2D eigenvalue weighted by molar-refractivity contribution is 7.11. The smallest absolute Gasteiger partial charge is 0.407 e. The van der Waals surface area contributed by atoms with Crippen molar-refractivity contribution >= 4 is 34.3 Å². The zero-order valence-electron chi connectivity index (χ0n) is 15.3. The molecule has 9 heteroatoms. The third-order valence-electron chi connectivity index (χ3n) is 3.74. The van der Waals surface area contributed by atoms with Crippen molar-refractivity contribution in [1.29, 1.82) is 0 Å². The lowest BCUT2D eigenvalue weighted by molar-refractivity contribution is -0.581. The molecule has 0 aliphatic heterocycles. The van der Waals surface area contributed by atoms with Gasteiger partial charge in [-0.1, -0.05) is 6.07 Å². The van der Waals surface area contributed by atoms with Gasteiger partial charge in [0.05, 0.1) is 19.3 Å². The van der Waals surface area contributed by atoms with Crippen molar-refractivity contribution in [2.24, 2.45) is 0 Å². The molecule has 0 radical (unpaired) electrons. The number of rotatable bonds is 7. The van der Waals surface area contributed by atoms with E-state index in [1.165, 1.54) is 17.4 Å². The highest BCUT2D eigenvalue weighted by atomic mass is 32.1. The molecule has 3 aromatic rings. The van der Waals surface area contributed by atoms with Crippen LogP contribution in [0.5, 0.6) is 5.75 Å². The molecule has 3 rings (SSSR count). The average Bonchev–Trinajstić information content (AvgIpc) is 3.22. The van der Waals surface area contributed by atoms with Gasteiger partial charge in [-0.2, -0.15) is 4.73 Å². The second-order valence-electron chi connectivity index (χ2n) is 5.56. The van der Waals surface area contributed by atoms with Crippen molar-refractivity contribution in [3.63, 3.8) is 0 Å². The van der Waals surface area contributed by atoms with Gasteiger partial charge in [-0.15, -0.1) is 11.3 Å². The molecule has 8 nitrogen and oxygen atoms in total. The molecule has 0 aliphatic carbocycles. The van der Waals surface area contributed by atoms with Gasteiger partial charge in [-0.3, -0.25) is 0 Å². The normalized spacial score (nSPS) is 10.6. The first-order chi connectivity index (χ1) is 13.5. The van der Waals surface area contributed by atoms with E-state index in [2.05, 4.69) is 4.98 Å². The van der Waals surface area contributed by atoms with Crippen molar-refractivity contribution in [2.45, 2.75) is 20.5 Å². The van der Waals surface area contributed by atoms with Crippen LogP contribution in [0.25, 0.3) is 11.0 Å². The highest BCUT2D eigenvalue weighted by Crippen LogP contribution is 2.20. The van der Waals surface area contributed by atoms with Crippen LogP contribution in [0, 0.1) is 5.21 Å². The Hall–Kier alpha value is -3.20. The summed E-state index contributed by atoms with van der Waals surface area (Å²) in [4.78, 5) is 29.2. The van der Waals surface area contributed by atoms with Gasteiger partial charge in [-0.05, 0) is 37.4 Å². The number of carbonyl (C=O) groups is 2. The van der Waals surface area contributed by atoms with Crippen LogP contribution in [-0.2, 0) is 16.1 Å². The lowest BCUT2D eigenvalue weighted by Gasteiger charge is -2.12. The fourth-order valence-electron chi connectivity index (χ4n) is 2.55. The number of benzene rings is 1. The van der Waals surface area contributed by atoms with Crippen LogP contribution in [-0.4, -0.2) is 30.1 Å². The summed E-state index contributed by atoms with van der Waals surface area (Å²) in [6.07, 6.45) is 0. The molecule has 0 saturated carbocycles. The first-order valence-corrected chi connectivity index (χ1v) is 9.49. The quantitative estimate of drug-likeness (QED) is 0.340. The number of hydrogen-bond acceptors (Lipinski definition) is 8. The molecule has 0 N–H and O–H groups in total. The minimum atomic E-state index is -0.837.